The molecule has 21 heavy (non-hydrogen) atoms. The van der Waals surface area contributed by atoms with Crippen molar-refractivity contribution in [2.75, 3.05) is 26.1 Å². The molecule has 0 aromatic rings. The van der Waals surface area contributed by atoms with Gasteiger partial charge < -0.3 is 26.3 Å². The van der Waals surface area contributed by atoms with Crippen LogP contribution in [0.2, 0.25) is 0 Å². The third-order valence-electron chi connectivity index (χ3n) is 2.07. The Balaban J connectivity index is 0. The fraction of sp³-hybridized carbons (Fsp3) is 0.538. The summed E-state index contributed by atoms with van der Waals surface area (Å²) in [6.45, 7) is 4.16. The average molecular weight is 335 g/mol. The highest BCUT2D eigenvalue weighted by atomic mass is 32.2. The van der Waals surface area contributed by atoms with Crippen LogP contribution in [-0.4, -0.2) is 43.8 Å². The third-order valence-corrected chi connectivity index (χ3v) is 3.31. The number of aliphatic hydroxyl groups is 1. The van der Waals surface area contributed by atoms with E-state index in [1.807, 2.05) is 14.0 Å². The molecule has 5 N–H and O–H groups in total. The first-order valence-corrected chi connectivity index (χ1v) is 7.94. The van der Waals surface area contributed by atoms with Gasteiger partial charge in [0.1, 0.15) is 6.29 Å². The largest absolute Gasteiger partial charge is 0.396 e. The molecule has 0 rings (SSSR count). The van der Waals surface area contributed by atoms with Gasteiger partial charge in [0, 0.05) is 31.8 Å². The number of nitrogens with zero attached hydrogens (tertiary/aromatic N) is 1. The first kappa shape index (κ1) is 22.3. The summed E-state index contributed by atoms with van der Waals surface area (Å²) in [5.41, 5.74) is 7.43. The molecule has 0 saturated heterocycles. The molecule has 0 atom stereocenters. The van der Waals surface area contributed by atoms with Crippen molar-refractivity contribution in [3.8, 4) is 0 Å². The lowest BCUT2D eigenvalue weighted by Gasteiger charge is -2.13. The van der Waals surface area contributed by atoms with Crippen LogP contribution >= 0.6 is 24.4 Å². The zero-order valence-electron chi connectivity index (χ0n) is 12.8. The molecule has 0 saturated carbocycles. The highest BCUT2D eigenvalue weighted by Crippen LogP contribution is 2.24. The molecule has 8 heteroatoms. The van der Waals surface area contributed by atoms with Crippen LogP contribution in [0.5, 0.6) is 0 Å². The number of nitrogens with two attached hydrogens (primary N) is 1. The van der Waals surface area contributed by atoms with Crippen molar-refractivity contribution in [3.63, 3.8) is 0 Å². The van der Waals surface area contributed by atoms with Crippen LogP contribution in [0, 0.1) is 0 Å². The Morgan fingerprint density at radius 3 is 2.57 bits per heavy atom. The lowest BCUT2D eigenvalue weighted by Crippen LogP contribution is -2.16. The molecule has 0 aromatic heterocycles. The van der Waals surface area contributed by atoms with Crippen molar-refractivity contribution in [3.05, 3.63) is 21.7 Å². The van der Waals surface area contributed by atoms with Gasteiger partial charge >= 0.3 is 0 Å². The Morgan fingerprint density at radius 2 is 2.14 bits per heavy atom. The second-order valence-electron chi connectivity index (χ2n) is 3.55. The summed E-state index contributed by atoms with van der Waals surface area (Å²) < 4.78 is 0. The van der Waals surface area contributed by atoms with Gasteiger partial charge in [0.15, 0.2) is 0 Å². The molecule has 0 spiro atoms. The number of thiol groups is 1. The minimum Gasteiger partial charge on any atom is -0.396 e. The van der Waals surface area contributed by atoms with Crippen LogP contribution < -0.4 is 16.4 Å². The maximum atomic E-state index is 8.81. The van der Waals surface area contributed by atoms with Crippen molar-refractivity contribution < 1.29 is 9.90 Å². The Morgan fingerprint density at radius 1 is 1.52 bits per heavy atom. The van der Waals surface area contributed by atoms with Crippen LogP contribution in [-0.2, 0) is 4.79 Å². The van der Waals surface area contributed by atoms with Crippen LogP contribution in [0.3, 0.4) is 0 Å². The van der Waals surface area contributed by atoms with E-state index in [2.05, 4.69) is 28.3 Å². The molecular weight excluding hydrogens is 308 g/mol. The molecule has 0 aliphatic carbocycles. The Kier molecular flexibility index (Phi) is 18.2. The lowest BCUT2D eigenvalue weighted by molar-refractivity contribution is -0.106. The maximum absolute atomic E-state index is 8.81. The number of aliphatic hydroxyl groups excluding tert-OH is 1. The minimum absolute atomic E-state index is 0.152. The lowest BCUT2D eigenvalue weighted by atomic mass is 10.3. The summed E-state index contributed by atoms with van der Waals surface area (Å²) in [7, 11) is 1.86. The first-order chi connectivity index (χ1) is 10.1. The molecular formula is C13H26N4O2S2. The monoisotopic (exact) mass is 334 g/mol. The van der Waals surface area contributed by atoms with Gasteiger partial charge in [-0.15, -0.1) is 24.4 Å². The van der Waals surface area contributed by atoms with E-state index < -0.39 is 0 Å². The average Bonchev–Trinajstić information content (AvgIpc) is 2.49. The number of aliphatic imine (C=N–C) groups is 1. The van der Waals surface area contributed by atoms with Crippen LogP contribution in [0.1, 0.15) is 20.3 Å². The summed E-state index contributed by atoms with van der Waals surface area (Å²) in [5.74, 6) is 0.489. The standard InChI is InChI=1S/C11H22N4OS2.C2H4O/c1-9(13-2)11(18-7-12)10(6-17)15-8-14-4-3-5-16;1-2-3/h6,8,13,16-17H,3-5,7,12H2,1-2H3,(H,14,15);2H,1H3/b10-6-,11-9-;. The minimum atomic E-state index is 0.152. The van der Waals surface area contributed by atoms with Gasteiger partial charge in [0.05, 0.1) is 16.9 Å². The van der Waals surface area contributed by atoms with Crippen molar-refractivity contribution >= 4 is 37.0 Å². The van der Waals surface area contributed by atoms with Gasteiger partial charge in [-0.2, -0.15) is 0 Å². The first-order valence-electron chi connectivity index (χ1n) is 6.44. The molecule has 0 fully saturated rings. The molecule has 0 aliphatic rings. The Hall–Kier alpha value is -0.960. The van der Waals surface area contributed by atoms with Crippen molar-refractivity contribution in [2.45, 2.75) is 20.3 Å². The van der Waals surface area contributed by atoms with E-state index in [0.717, 1.165) is 22.6 Å². The van der Waals surface area contributed by atoms with Crippen LogP contribution in [0.4, 0.5) is 0 Å². The van der Waals surface area contributed by atoms with Gasteiger partial charge in [-0.1, -0.05) is 0 Å². The van der Waals surface area contributed by atoms with Gasteiger partial charge in [0.2, 0.25) is 0 Å². The summed E-state index contributed by atoms with van der Waals surface area (Å²) >= 11 is 5.71. The molecule has 122 valence electrons. The summed E-state index contributed by atoms with van der Waals surface area (Å²) in [4.78, 5) is 13.9. The van der Waals surface area contributed by atoms with Crippen molar-refractivity contribution in [1.82, 2.24) is 10.6 Å². The van der Waals surface area contributed by atoms with Crippen LogP contribution in [0.25, 0.3) is 0 Å². The molecule has 0 unspecified atom stereocenters. The SMILES string of the molecule is CC=O.CN/C(C)=C(SCN)/C(=C/S)NC=NCCCO. The summed E-state index contributed by atoms with van der Waals surface area (Å²) in [5, 5.41) is 16.5. The van der Waals surface area contributed by atoms with Gasteiger partial charge in [-0.05, 0) is 25.7 Å². The van der Waals surface area contributed by atoms with E-state index >= 15 is 0 Å². The van der Waals surface area contributed by atoms with Gasteiger partial charge in [0.25, 0.3) is 0 Å². The number of hydrogen-bond acceptors (Lipinski definition) is 7. The Labute approximate surface area is 136 Å². The predicted octanol–water partition coefficient (Wildman–Crippen LogP) is 1.06. The fourth-order valence-corrected chi connectivity index (χ4v) is 2.14. The van der Waals surface area contributed by atoms with Gasteiger partial charge in [-0.3, -0.25) is 4.99 Å². The number of carbonyl (C=O) groups is 1. The van der Waals surface area contributed by atoms with E-state index in [9.17, 15) is 0 Å². The highest BCUT2D eigenvalue weighted by molar-refractivity contribution is 8.03. The second-order valence-corrected chi connectivity index (χ2v) is 4.84. The molecule has 0 heterocycles. The number of hydrogen-bond donors (Lipinski definition) is 5. The van der Waals surface area contributed by atoms with Crippen LogP contribution in [0.15, 0.2) is 26.7 Å². The number of thioether (sulfide) groups is 1. The smallest absolute Gasteiger partial charge is 0.116 e. The molecule has 0 bridgehead atoms. The quantitative estimate of drug-likeness (QED) is 0.0822. The summed E-state index contributed by atoms with van der Waals surface area (Å²) in [6.07, 6.45) is 3.02. The topological polar surface area (TPSA) is 99.7 Å². The van der Waals surface area contributed by atoms with E-state index in [0.29, 0.717) is 18.8 Å². The van der Waals surface area contributed by atoms with E-state index in [-0.39, 0.29) is 6.61 Å². The van der Waals surface area contributed by atoms with E-state index in [1.54, 1.807) is 11.7 Å². The normalized spacial score (nSPS) is 12.4. The molecule has 0 aliphatic heterocycles. The third kappa shape index (κ3) is 12.5. The molecule has 0 aromatic carbocycles. The van der Waals surface area contributed by atoms with E-state index in [4.69, 9.17) is 15.6 Å². The Bertz CT molecular complexity index is 358. The summed E-state index contributed by atoms with van der Waals surface area (Å²) in [6, 6.07) is 0. The molecule has 0 amide bonds. The van der Waals surface area contributed by atoms with Crippen molar-refractivity contribution in [1.29, 1.82) is 0 Å². The van der Waals surface area contributed by atoms with Gasteiger partial charge in [-0.25, -0.2) is 0 Å². The van der Waals surface area contributed by atoms with Crippen molar-refractivity contribution in [2.24, 2.45) is 10.7 Å². The number of allylic oxidation sites excluding steroid dienone is 1. The number of rotatable bonds is 9. The second kappa shape index (κ2) is 17.1. The zero-order chi connectivity index (χ0) is 16.5. The van der Waals surface area contributed by atoms with E-state index in [1.165, 1.54) is 18.7 Å². The fourth-order valence-electron chi connectivity index (χ4n) is 1.09. The maximum Gasteiger partial charge on any atom is 0.116 e. The predicted molar refractivity (Wildman–Crippen MR) is 95.4 cm³/mol. The number of aldehydes is 1. The number of nitrogens with one attached hydrogen (secondary N) is 2. The highest BCUT2D eigenvalue weighted by Gasteiger charge is 2.07. The molecule has 6 nitrogen and oxygen atoms in total. The number of carbonyl (C=O) groups excluding carboxylic acids is 1. The molecule has 0 radical (unpaired) electrons. The zero-order valence-corrected chi connectivity index (χ0v) is 14.5.